The number of carbonyl (C=O) groups excluding carboxylic acids is 7. The van der Waals surface area contributed by atoms with Crippen LogP contribution in [0.25, 0.3) is 0 Å². The van der Waals surface area contributed by atoms with Crippen molar-refractivity contribution in [3.8, 4) is 0 Å². The molecule has 43 heavy (non-hydrogen) atoms. The fourth-order valence-corrected chi connectivity index (χ4v) is 6.03. The van der Waals surface area contributed by atoms with E-state index in [0.717, 1.165) is 0 Å². The van der Waals surface area contributed by atoms with Crippen molar-refractivity contribution in [1.82, 2.24) is 0 Å². The highest BCUT2D eigenvalue weighted by Crippen LogP contribution is 2.56. The van der Waals surface area contributed by atoms with Crippen molar-refractivity contribution in [3.63, 3.8) is 0 Å². The first-order valence-electron chi connectivity index (χ1n) is 12.7. The zero-order valence-corrected chi connectivity index (χ0v) is 24.2. The summed E-state index contributed by atoms with van der Waals surface area (Å²) in [5.41, 5.74) is -24.4. The van der Waals surface area contributed by atoms with Crippen molar-refractivity contribution >= 4 is 40.5 Å². The van der Waals surface area contributed by atoms with Gasteiger partial charge in [-0.15, -0.1) is 0 Å². The molecule has 241 valence electrons. The fourth-order valence-electron chi connectivity index (χ4n) is 6.03. The Hall–Kier alpha value is -2.71. The SMILES string of the molecule is CC(=O)C(O)[C@H]1O[C@H](C2(O)[C@H](C(O)C(C)=O)O[CH]C(O)(C(C)=O)C2(O)C(C)=O)[C@@](O)(C(C)=O)[C@](O)(C(C)=O)[C@@]1(O)C(C)=O. The Bertz CT molecular complexity index is 1280. The summed E-state index contributed by atoms with van der Waals surface area (Å²) in [6.07, 6.45) is -14.6. The summed E-state index contributed by atoms with van der Waals surface area (Å²) in [4.78, 5) is 89.6. The predicted octanol–water partition coefficient (Wildman–Crippen LogP) is -5.45. The van der Waals surface area contributed by atoms with Gasteiger partial charge in [0.25, 0.3) is 0 Å². The van der Waals surface area contributed by atoms with Gasteiger partial charge in [-0.2, -0.15) is 0 Å². The van der Waals surface area contributed by atoms with Crippen molar-refractivity contribution in [1.29, 1.82) is 0 Å². The molecule has 0 saturated carbocycles. The zero-order chi connectivity index (χ0) is 34.0. The lowest BCUT2D eigenvalue weighted by Gasteiger charge is -2.65. The Balaban J connectivity index is 3.35. The summed E-state index contributed by atoms with van der Waals surface area (Å²) in [5.74, 6) is -11.4. The number of carbonyl (C=O) groups is 7. The van der Waals surface area contributed by atoms with Gasteiger partial charge in [-0.1, -0.05) is 0 Å². The van der Waals surface area contributed by atoms with Crippen LogP contribution in [0, 0.1) is 6.61 Å². The van der Waals surface area contributed by atoms with Crippen LogP contribution in [0.15, 0.2) is 0 Å². The number of rotatable bonds is 10. The molecule has 17 heteroatoms. The lowest BCUT2D eigenvalue weighted by atomic mass is 9.51. The van der Waals surface area contributed by atoms with E-state index in [9.17, 15) is 74.4 Å². The van der Waals surface area contributed by atoms with Gasteiger partial charge in [0.15, 0.2) is 74.1 Å². The molecular weight excluding hydrogens is 584 g/mol. The number of hydrogen-bond donors (Lipinski definition) is 8. The molecule has 8 N–H and O–H groups in total. The largest absolute Gasteiger partial charge is 0.382 e. The average molecular weight is 620 g/mol. The van der Waals surface area contributed by atoms with Crippen molar-refractivity contribution in [2.45, 2.75) is 113 Å². The molecule has 0 aromatic rings. The van der Waals surface area contributed by atoms with Gasteiger partial charge in [0.1, 0.15) is 37.1 Å². The van der Waals surface area contributed by atoms with E-state index in [1.54, 1.807) is 0 Å². The quantitative estimate of drug-likeness (QED) is 0.113. The van der Waals surface area contributed by atoms with E-state index in [0.29, 0.717) is 48.5 Å². The Kier molecular flexibility index (Phi) is 9.35. The van der Waals surface area contributed by atoms with Gasteiger partial charge in [-0.3, -0.25) is 33.6 Å². The molecule has 0 aromatic carbocycles. The number of ether oxygens (including phenoxy) is 2. The number of aliphatic hydroxyl groups excluding tert-OH is 2. The highest BCUT2D eigenvalue weighted by molar-refractivity contribution is 6.07. The van der Waals surface area contributed by atoms with Gasteiger partial charge in [-0.05, 0) is 48.5 Å². The first-order valence-corrected chi connectivity index (χ1v) is 12.7. The highest BCUT2D eigenvalue weighted by atomic mass is 16.6. The van der Waals surface area contributed by atoms with Crippen molar-refractivity contribution in [2.24, 2.45) is 0 Å². The fraction of sp³-hybridized carbons (Fsp3) is 0.692. The minimum Gasteiger partial charge on any atom is -0.382 e. The van der Waals surface area contributed by atoms with E-state index in [2.05, 4.69) is 0 Å². The second kappa shape index (κ2) is 11.0. The van der Waals surface area contributed by atoms with E-state index in [1.165, 1.54) is 0 Å². The molecule has 0 spiro atoms. The smallest absolute Gasteiger partial charge is 0.199 e. The third-order valence-electron chi connectivity index (χ3n) is 8.56. The average Bonchev–Trinajstić information content (AvgIpc) is 2.88. The molecule has 0 aliphatic carbocycles. The van der Waals surface area contributed by atoms with Crippen molar-refractivity contribution in [3.05, 3.63) is 6.61 Å². The number of aliphatic hydroxyl groups is 8. The number of hydrogen-bond acceptors (Lipinski definition) is 17. The van der Waals surface area contributed by atoms with E-state index >= 15 is 0 Å². The van der Waals surface area contributed by atoms with Crippen LogP contribution in [0.5, 0.6) is 0 Å². The Morgan fingerprint density at radius 2 is 0.977 bits per heavy atom. The second-order valence-electron chi connectivity index (χ2n) is 11.0. The molecule has 2 aliphatic rings. The third-order valence-corrected chi connectivity index (χ3v) is 8.56. The molecule has 2 heterocycles. The lowest BCUT2D eigenvalue weighted by molar-refractivity contribution is -0.392. The third kappa shape index (κ3) is 4.26. The van der Waals surface area contributed by atoms with E-state index in [4.69, 9.17) is 9.47 Å². The van der Waals surface area contributed by atoms with Crippen LogP contribution in [-0.2, 0) is 43.0 Å². The molecule has 11 atom stereocenters. The molecule has 0 bridgehead atoms. The van der Waals surface area contributed by atoms with Crippen molar-refractivity contribution in [2.75, 3.05) is 0 Å². The molecular formula is C26H35O17. The van der Waals surface area contributed by atoms with Crippen LogP contribution >= 0.6 is 0 Å². The first kappa shape index (κ1) is 36.5. The summed E-state index contributed by atoms with van der Waals surface area (Å²) in [7, 11) is 0. The first-order chi connectivity index (χ1) is 19.2. The maximum atomic E-state index is 13.3. The monoisotopic (exact) mass is 619 g/mol. The lowest BCUT2D eigenvalue weighted by Crippen LogP contribution is -2.94. The number of Topliss-reactive ketones (excluding diaryl/α,β-unsaturated/α-hetero) is 7. The minimum absolute atomic E-state index is 0.0582. The van der Waals surface area contributed by atoms with Gasteiger partial charge >= 0.3 is 0 Å². The summed E-state index contributed by atoms with van der Waals surface area (Å²) >= 11 is 0. The molecule has 2 fully saturated rings. The second-order valence-corrected chi connectivity index (χ2v) is 11.0. The molecule has 0 amide bonds. The Morgan fingerprint density at radius 1 is 0.581 bits per heavy atom. The van der Waals surface area contributed by atoms with Crippen LogP contribution < -0.4 is 0 Å². The summed E-state index contributed by atoms with van der Waals surface area (Å²) in [5, 5.41) is 92.4. The standard InChI is InChI=1S/C26H35O17/c1-9(27)16(34)18-24(39,25(40,14(6)32)21(36,8-42-18)11(3)29)20-23(38,13(5)31)26(41,15(7)33)22(37,12(4)30)19(43-20)17(35)10(2)28/h8,16-20,34-41H,1-7H3/t16?,17?,18-,19+,20-,21?,22+,23-,24?,25?,26-/m0/s1. The molecule has 2 aliphatic heterocycles. The minimum atomic E-state index is -4.24. The summed E-state index contributed by atoms with van der Waals surface area (Å²) in [6, 6.07) is 0. The molecule has 2 rings (SSSR count). The molecule has 5 unspecified atom stereocenters. The van der Waals surface area contributed by atoms with Gasteiger partial charge < -0.3 is 50.3 Å². The normalized spacial score (nSPS) is 42.8. The van der Waals surface area contributed by atoms with Crippen LogP contribution in [0.2, 0.25) is 0 Å². The highest BCUT2D eigenvalue weighted by Gasteiger charge is 2.87. The van der Waals surface area contributed by atoms with Crippen molar-refractivity contribution < 1.29 is 83.9 Å². The van der Waals surface area contributed by atoms with Gasteiger partial charge in [-0.25, -0.2) is 0 Å². The molecule has 17 nitrogen and oxygen atoms in total. The zero-order valence-electron chi connectivity index (χ0n) is 24.2. The number of ketones is 7. The van der Waals surface area contributed by atoms with Gasteiger partial charge in [0.05, 0.1) is 0 Å². The van der Waals surface area contributed by atoms with E-state index in [1.807, 2.05) is 0 Å². The topological polar surface area (TPSA) is 300 Å². The Labute approximate surface area is 244 Å². The van der Waals surface area contributed by atoms with Gasteiger partial charge in [0.2, 0.25) is 0 Å². The van der Waals surface area contributed by atoms with E-state index in [-0.39, 0.29) is 6.61 Å². The van der Waals surface area contributed by atoms with Crippen LogP contribution in [0.4, 0.5) is 0 Å². The molecule has 1 radical (unpaired) electrons. The maximum Gasteiger partial charge on any atom is 0.199 e. The van der Waals surface area contributed by atoms with Crippen LogP contribution in [0.3, 0.4) is 0 Å². The van der Waals surface area contributed by atoms with Crippen LogP contribution in [-0.4, -0.2) is 145 Å². The predicted molar refractivity (Wildman–Crippen MR) is 134 cm³/mol. The Morgan fingerprint density at radius 3 is 1.30 bits per heavy atom. The maximum absolute atomic E-state index is 13.3. The van der Waals surface area contributed by atoms with Gasteiger partial charge in [0, 0.05) is 0 Å². The summed E-state index contributed by atoms with van der Waals surface area (Å²) < 4.78 is 10.5. The van der Waals surface area contributed by atoms with Crippen LogP contribution in [0.1, 0.15) is 48.5 Å². The summed E-state index contributed by atoms with van der Waals surface area (Å²) in [6.45, 7) is 3.75. The molecule has 0 aromatic heterocycles. The van der Waals surface area contributed by atoms with E-state index < -0.39 is 105 Å². The molecule has 2 saturated heterocycles.